The molecule has 0 bridgehead atoms. The van der Waals surface area contributed by atoms with E-state index in [0.29, 0.717) is 0 Å². The Labute approximate surface area is 40.9 Å². The monoisotopic (exact) mass is 105 g/mol. The molecule has 5 heteroatoms. The minimum absolute atomic E-state index is 0.678. The molecule has 0 aromatic carbocycles. The maximum absolute atomic E-state index is 9.91. The molecular weight excluding hydrogens is 98.0 g/mol. The molecule has 0 aliphatic carbocycles. The molecule has 0 saturated heterocycles. The fourth-order valence-corrected chi connectivity index (χ4v) is 0.114. The maximum Gasteiger partial charge on any atom is 0.146 e. The molecule has 7 heavy (non-hydrogen) atoms. The van der Waals surface area contributed by atoms with Crippen molar-refractivity contribution in [3.63, 3.8) is 0 Å². The van der Waals surface area contributed by atoms with E-state index in [1.54, 1.807) is 0 Å². The van der Waals surface area contributed by atoms with Crippen molar-refractivity contribution in [1.82, 2.24) is 0 Å². The average Bonchev–Trinajstić information content (AvgIpc) is 1.68. The van der Waals surface area contributed by atoms with Gasteiger partial charge in [0.15, 0.2) is 0 Å². The van der Waals surface area contributed by atoms with Crippen LogP contribution in [0.3, 0.4) is 0 Å². The third-order valence-electron chi connectivity index (χ3n) is 0.355. The average molecular weight is 105 g/mol. The predicted octanol–water partition coefficient (Wildman–Crippen LogP) is -2.17. The first kappa shape index (κ1) is 6.35. The molecule has 3 N–H and O–H groups in total. The van der Waals surface area contributed by atoms with Gasteiger partial charge in [-0.25, -0.2) is 0 Å². The van der Waals surface area contributed by atoms with Crippen molar-refractivity contribution in [1.29, 1.82) is 0 Å². The molecule has 0 saturated carbocycles. The van der Waals surface area contributed by atoms with Gasteiger partial charge in [0.05, 0.1) is 7.11 Å². The van der Waals surface area contributed by atoms with Crippen molar-refractivity contribution in [2.45, 2.75) is 0 Å². The van der Waals surface area contributed by atoms with E-state index in [0.717, 1.165) is 6.34 Å². The summed E-state index contributed by atoms with van der Waals surface area (Å²) in [6, 6.07) is 0. The van der Waals surface area contributed by atoms with Crippen LogP contribution < -0.4 is 11.1 Å². The first-order chi connectivity index (χ1) is 3.31. The molecule has 0 rings (SSSR count). The van der Waals surface area contributed by atoms with Crippen LogP contribution in [-0.4, -0.2) is 13.4 Å². The standard InChI is InChI=1S/C2H7N3O2/c1-7-5(6)4-2-3/h2,5H,1H3,(H2,3,4). The van der Waals surface area contributed by atoms with E-state index >= 15 is 0 Å². The summed E-state index contributed by atoms with van der Waals surface area (Å²) in [6.07, 6.45) is 0.881. The quantitative estimate of drug-likeness (QED) is 0.238. The number of nitrogens with zero attached hydrogens (tertiary/aromatic N) is 1. The van der Waals surface area contributed by atoms with Gasteiger partial charge in [-0.2, -0.15) is 4.84 Å². The lowest BCUT2D eigenvalue weighted by Crippen LogP contribution is -3.00. The highest BCUT2D eigenvalue weighted by Crippen LogP contribution is 1.37. The van der Waals surface area contributed by atoms with E-state index in [9.17, 15) is 5.21 Å². The van der Waals surface area contributed by atoms with Gasteiger partial charge in [0.25, 0.3) is 0 Å². The van der Waals surface area contributed by atoms with Crippen LogP contribution in [0, 0.1) is 5.21 Å². The van der Waals surface area contributed by atoms with Gasteiger partial charge in [0.2, 0.25) is 0 Å². The fourth-order valence-electron chi connectivity index (χ4n) is 0.114. The maximum atomic E-state index is 9.91. The van der Waals surface area contributed by atoms with Crippen LogP contribution in [0.25, 0.3) is 0 Å². The minimum atomic E-state index is -0.678. The van der Waals surface area contributed by atoms with Crippen LogP contribution >= 0.6 is 0 Å². The SMILES string of the molecule is CO[NH+]([O-])N=CN. The lowest BCUT2D eigenvalue weighted by molar-refractivity contribution is -1.05. The molecule has 1 unspecified atom stereocenters. The highest BCUT2D eigenvalue weighted by Gasteiger charge is 1.78. The van der Waals surface area contributed by atoms with Gasteiger partial charge >= 0.3 is 0 Å². The molecule has 0 heterocycles. The highest BCUT2D eigenvalue weighted by atomic mass is 16.9. The third-order valence-corrected chi connectivity index (χ3v) is 0.355. The summed E-state index contributed by atoms with van der Waals surface area (Å²) in [6.45, 7) is 0. The topological polar surface area (TPSA) is 75.1 Å². The highest BCUT2D eigenvalue weighted by molar-refractivity contribution is 5.49. The van der Waals surface area contributed by atoms with Crippen LogP contribution in [0.15, 0.2) is 5.10 Å². The largest absolute Gasteiger partial charge is 0.572 e. The van der Waals surface area contributed by atoms with Crippen molar-refractivity contribution < 1.29 is 10.2 Å². The number of hydrogen-bond donors (Lipinski definition) is 2. The summed E-state index contributed by atoms with van der Waals surface area (Å²) in [4.78, 5) is 4.07. The van der Waals surface area contributed by atoms with Crippen LogP contribution in [0.5, 0.6) is 0 Å². The Balaban J connectivity index is 3.16. The van der Waals surface area contributed by atoms with E-state index in [4.69, 9.17) is 5.73 Å². The van der Waals surface area contributed by atoms with Crippen LogP contribution in [-0.2, 0) is 4.84 Å². The molecule has 0 aromatic rings. The Morgan fingerprint density at radius 2 is 2.57 bits per heavy atom. The Bertz CT molecular complexity index is 64.0. The molecular formula is C2H7N3O2. The van der Waals surface area contributed by atoms with Crippen LogP contribution in [0.2, 0.25) is 0 Å². The first-order valence-corrected chi connectivity index (χ1v) is 1.63. The Hall–Kier alpha value is -0.650. The predicted molar refractivity (Wildman–Crippen MR) is 24.0 cm³/mol. The zero-order chi connectivity index (χ0) is 5.70. The fraction of sp³-hybridized carbons (Fsp3) is 0.500. The van der Waals surface area contributed by atoms with Crippen LogP contribution in [0.1, 0.15) is 0 Å². The summed E-state index contributed by atoms with van der Waals surface area (Å²) < 4.78 is 0. The molecule has 1 atom stereocenters. The number of nitrogens with two attached hydrogens (primary N) is 1. The van der Waals surface area contributed by atoms with Gasteiger partial charge in [-0.1, -0.05) is 5.34 Å². The molecule has 0 radical (unpaired) electrons. The van der Waals surface area contributed by atoms with Gasteiger partial charge in [-0.05, 0) is 5.10 Å². The summed E-state index contributed by atoms with van der Waals surface area (Å²) in [7, 11) is 1.23. The number of rotatable bonds is 2. The summed E-state index contributed by atoms with van der Waals surface area (Å²) in [5, 5.41) is 12.3. The number of hydrogen-bond acceptors (Lipinski definition) is 3. The van der Waals surface area contributed by atoms with Gasteiger partial charge in [0.1, 0.15) is 6.34 Å². The lowest BCUT2D eigenvalue weighted by atomic mass is 11.4. The minimum Gasteiger partial charge on any atom is -0.572 e. The molecule has 0 aliphatic rings. The molecule has 0 aromatic heterocycles. The molecule has 0 aliphatic heterocycles. The third kappa shape index (κ3) is 3.17. The molecule has 0 fully saturated rings. The number of quaternary nitrogens is 1. The lowest BCUT2D eigenvalue weighted by Gasteiger charge is -2.06. The van der Waals surface area contributed by atoms with E-state index in [2.05, 4.69) is 9.94 Å². The van der Waals surface area contributed by atoms with Crippen molar-refractivity contribution >= 4 is 6.34 Å². The Kier molecular flexibility index (Phi) is 3.21. The van der Waals surface area contributed by atoms with E-state index in [1.165, 1.54) is 7.11 Å². The van der Waals surface area contributed by atoms with E-state index in [-0.39, 0.29) is 0 Å². The van der Waals surface area contributed by atoms with Crippen molar-refractivity contribution in [2.75, 3.05) is 7.11 Å². The number of nitrogens with one attached hydrogen (secondary N) is 1. The van der Waals surface area contributed by atoms with Gasteiger partial charge in [-0.3, -0.25) is 0 Å². The van der Waals surface area contributed by atoms with Gasteiger partial charge < -0.3 is 10.9 Å². The molecule has 42 valence electrons. The van der Waals surface area contributed by atoms with Crippen molar-refractivity contribution in [3.8, 4) is 0 Å². The Morgan fingerprint density at radius 1 is 2.00 bits per heavy atom. The molecule has 0 spiro atoms. The van der Waals surface area contributed by atoms with Crippen molar-refractivity contribution in [3.05, 3.63) is 5.21 Å². The van der Waals surface area contributed by atoms with E-state index < -0.39 is 5.34 Å². The Morgan fingerprint density at radius 3 is 2.71 bits per heavy atom. The smallest absolute Gasteiger partial charge is 0.146 e. The second kappa shape index (κ2) is 3.54. The van der Waals surface area contributed by atoms with Crippen molar-refractivity contribution in [2.24, 2.45) is 10.8 Å². The second-order valence-corrected chi connectivity index (χ2v) is 0.748. The van der Waals surface area contributed by atoms with Gasteiger partial charge in [-0.15, -0.1) is 0 Å². The summed E-state index contributed by atoms with van der Waals surface area (Å²) in [5.41, 5.74) is 4.71. The second-order valence-electron chi connectivity index (χ2n) is 0.748. The zero-order valence-corrected chi connectivity index (χ0v) is 3.92. The van der Waals surface area contributed by atoms with Gasteiger partial charge in [0, 0.05) is 0 Å². The summed E-state index contributed by atoms with van der Waals surface area (Å²) in [5.74, 6) is 0. The molecule has 5 nitrogen and oxygen atoms in total. The first-order valence-electron chi connectivity index (χ1n) is 1.63. The normalized spacial score (nSPS) is 15.1. The summed E-state index contributed by atoms with van der Waals surface area (Å²) >= 11 is 0. The van der Waals surface area contributed by atoms with E-state index in [1.807, 2.05) is 0 Å². The zero-order valence-electron chi connectivity index (χ0n) is 3.92. The molecule has 0 amide bonds. The van der Waals surface area contributed by atoms with Crippen LogP contribution in [0.4, 0.5) is 0 Å².